The minimum atomic E-state index is -1.02. The first-order valence-electron chi connectivity index (χ1n) is 5.34. The average Bonchev–Trinajstić information content (AvgIpc) is 2.32. The highest BCUT2D eigenvalue weighted by Gasteiger charge is 2.28. The molecule has 1 rings (SSSR count). The zero-order valence-corrected chi connectivity index (χ0v) is 9.96. The molecule has 0 aliphatic heterocycles. The number of aliphatic hydroxyl groups excluding tert-OH is 1. The van der Waals surface area contributed by atoms with Crippen molar-refractivity contribution in [2.45, 2.75) is 12.5 Å². The summed E-state index contributed by atoms with van der Waals surface area (Å²) >= 11 is 0. The molecule has 96 valence electrons. The number of hydrogen-bond donors (Lipinski definition) is 2. The second-order valence-corrected chi connectivity index (χ2v) is 4.03. The van der Waals surface area contributed by atoms with Gasteiger partial charge in [-0.3, -0.25) is 0 Å². The zero-order chi connectivity index (χ0) is 12.9. The number of halogens is 2. The van der Waals surface area contributed by atoms with Crippen LogP contribution in [0.4, 0.5) is 8.78 Å². The van der Waals surface area contributed by atoms with E-state index in [-0.39, 0.29) is 12.2 Å². The third kappa shape index (κ3) is 3.46. The molecule has 1 atom stereocenters. The Balaban J connectivity index is 2.94. The van der Waals surface area contributed by atoms with E-state index in [2.05, 4.69) is 5.32 Å². The molecule has 0 fully saturated rings. The van der Waals surface area contributed by atoms with E-state index in [1.165, 1.54) is 0 Å². The number of nitrogens with one attached hydrogen (secondary N) is 1. The van der Waals surface area contributed by atoms with Crippen LogP contribution in [-0.4, -0.2) is 32.0 Å². The van der Waals surface area contributed by atoms with Gasteiger partial charge in [-0.25, -0.2) is 8.78 Å². The zero-order valence-electron chi connectivity index (χ0n) is 9.96. The molecule has 0 saturated carbocycles. The van der Waals surface area contributed by atoms with Crippen LogP contribution < -0.4 is 5.32 Å². The highest BCUT2D eigenvalue weighted by molar-refractivity contribution is 5.26. The van der Waals surface area contributed by atoms with E-state index in [4.69, 9.17) is 4.74 Å². The van der Waals surface area contributed by atoms with Crippen LogP contribution in [0, 0.1) is 11.6 Å². The van der Waals surface area contributed by atoms with Crippen LogP contribution in [0.3, 0.4) is 0 Å². The van der Waals surface area contributed by atoms with Crippen molar-refractivity contribution in [3.05, 3.63) is 35.4 Å². The maximum absolute atomic E-state index is 13.6. The van der Waals surface area contributed by atoms with Crippen molar-refractivity contribution in [3.63, 3.8) is 0 Å². The molecule has 0 radical (unpaired) electrons. The number of rotatable bonds is 6. The first-order chi connectivity index (χ1) is 8.03. The van der Waals surface area contributed by atoms with E-state index in [1.54, 1.807) is 14.0 Å². The molecule has 0 saturated heterocycles. The predicted octanol–water partition coefficient (Wildman–Crippen LogP) is 1.41. The van der Waals surface area contributed by atoms with E-state index < -0.39 is 17.2 Å². The van der Waals surface area contributed by atoms with Gasteiger partial charge in [-0.05, 0) is 25.1 Å². The summed E-state index contributed by atoms with van der Waals surface area (Å²) in [4.78, 5) is 0. The third-order valence-corrected chi connectivity index (χ3v) is 2.66. The molecule has 5 heteroatoms. The molecule has 3 nitrogen and oxygen atoms in total. The molecule has 0 amide bonds. The largest absolute Gasteiger partial charge is 0.394 e. The quantitative estimate of drug-likeness (QED) is 0.745. The molecule has 17 heavy (non-hydrogen) atoms. The molecule has 0 aliphatic rings. The maximum Gasteiger partial charge on any atom is 0.128 e. The van der Waals surface area contributed by atoms with Gasteiger partial charge in [0.25, 0.3) is 0 Å². The Hall–Kier alpha value is -1.04. The summed E-state index contributed by atoms with van der Waals surface area (Å²) in [5.41, 5.74) is -0.916. The van der Waals surface area contributed by atoms with E-state index in [0.717, 1.165) is 18.2 Å². The van der Waals surface area contributed by atoms with Crippen molar-refractivity contribution >= 4 is 0 Å². The summed E-state index contributed by atoms with van der Waals surface area (Å²) in [6, 6.07) is 3.19. The Morgan fingerprint density at radius 3 is 2.71 bits per heavy atom. The third-order valence-electron chi connectivity index (χ3n) is 2.66. The van der Waals surface area contributed by atoms with Crippen molar-refractivity contribution in [1.82, 2.24) is 5.32 Å². The fourth-order valence-electron chi connectivity index (χ4n) is 1.59. The summed E-state index contributed by atoms with van der Waals surface area (Å²) in [7, 11) is 1.54. The first kappa shape index (κ1) is 14.0. The maximum atomic E-state index is 13.6. The lowest BCUT2D eigenvalue weighted by atomic mass is 9.92. The first-order valence-corrected chi connectivity index (χ1v) is 5.34. The predicted molar refractivity (Wildman–Crippen MR) is 60.7 cm³/mol. The molecular weight excluding hydrogens is 228 g/mol. The Bertz CT molecular complexity index is 374. The lowest BCUT2D eigenvalue weighted by molar-refractivity contribution is 0.145. The second-order valence-electron chi connectivity index (χ2n) is 4.03. The van der Waals surface area contributed by atoms with Gasteiger partial charge < -0.3 is 15.2 Å². The molecule has 0 aromatic heterocycles. The van der Waals surface area contributed by atoms with Crippen LogP contribution >= 0.6 is 0 Å². The summed E-state index contributed by atoms with van der Waals surface area (Å²) in [6.07, 6.45) is 0. The summed E-state index contributed by atoms with van der Waals surface area (Å²) in [5, 5.41) is 12.3. The summed E-state index contributed by atoms with van der Waals surface area (Å²) < 4.78 is 31.6. The van der Waals surface area contributed by atoms with E-state index in [0.29, 0.717) is 13.2 Å². The smallest absolute Gasteiger partial charge is 0.128 e. The van der Waals surface area contributed by atoms with Crippen molar-refractivity contribution < 1.29 is 18.6 Å². The highest BCUT2D eigenvalue weighted by atomic mass is 19.1. The van der Waals surface area contributed by atoms with E-state index >= 15 is 0 Å². The second kappa shape index (κ2) is 6.05. The number of aliphatic hydroxyl groups is 1. The molecule has 1 unspecified atom stereocenters. The Labute approximate surface area is 99.4 Å². The Morgan fingerprint density at radius 1 is 1.41 bits per heavy atom. The fraction of sp³-hybridized carbons (Fsp3) is 0.500. The molecule has 0 aliphatic carbocycles. The standard InChI is InChI=1S/C12H17F2NO2/c1-12(8-16,15-5-6-17-2)10-7-9(13)3-4-11(10)14/h3-4,7,15-16H,5-6,8H2,1-2H3. The van der Waals surface area contributed by atoms with Crippen molar-refractivity contribution in [3.8, 4) is 0 Å². The van der Waals surface area contributed by atoms with Gasteiger partial charge in [0.15, 0.2) is 0 Å². The van der Waals surface area contributed by atoms with Crippen LogP contribution in [0.5, 0.6) is 0 Å². The van der Waals surface area contributed by atoms with Gasteiger partial charge in [0.1, 0.15) is 11.6 Å². The number of methoxy groups -OCH3 is 1. The van der Waals surface area contributed by atoms with Gasteiger partial charge in [-0.1, -0.05) is 0 Å². The van der Waals surface area contributed by atoms with Crippen LogP contribution in [0.2, 0.25) is 0 Å². The van der Waals surface area contributed by atoms with Crippen LogP contribution in [-0.2, 0) is 10.3 Å². The lowest BCUT2D eigenvalue weighted by Crippen LogP contribution is -2.45. The van der Waals surface area contributed by atoms with Crippen molar-refractivity contribution in [2.75, 3.05) is 26.9 Å². The monoisotopic (exact) mass is 245 g/mol. The van der Waals surface area contributed by atoms with Crippen LogP contribution in [0.1, 0.15) is 12.5 Å². The van der Waals surface area contributed by atoms with Gasteiger partial charge in [-0.2, -0.15) is 0 Å². The summed E-state index contributed by atoms with van der Waals surface area (Å²) in [5.74, 6) is -1.08. The van der Waals surface area contributed by atoms with E-state index in [1.807, 2.05) is 0 Å². The Morgan fingerprint density at radius 2 is 2.12 bits per heavy atom. The number of benzene rings is 1. The SMILES string of the molecule is COCCNC(C)(CO)c1cc(F)ccc1F. The van der Waals surface area contributed by atoms with Crippen LogP contribution in [0.15, 0.2) is 18.2 Å². The molecule has 2 N–H and O–H groups in total. The average molecular weight is 245 g/mol. The normalized spacial score (nSPS) is 14.6. The fourth-order valence-corrected chi connectivity index (χ4v) is 1.59. The van der Waals surface area contributed by atoms with Gasteiger partial charge in [0.05, 0.1) is 18.8 Å². The molecule has 1 aromatic carbocycles. The molecule has 0 spiro atoms. The number of ether oxygens (including phenoxy) is 1. The minimum absolute atomic E-state index is 0.108. The van der Waals surface area contributed by atoms with Gasteiger partial charge >= 0.3 is 0 Å². The molecule has 1 aromatic rings. The van der Waals surface area contributed by atoms with Gasteiger partial charge in [0, 0.05) is 19.2 Å². The topological polar surface area (TPSA) is 41.5 Å². The number of hydrogen-bond acceptors (Lipinski definition) is 3. The highest BCUT2D eigenvalue weighted by Crippen LogP contribution is 2.23. The molecular formula is C12H17F2NO2. The lowest BCUT2D eigenvalue weighted by Gasteiger charge is -2.29. The van der Waals surface area contributed by atoms with Crippen molar-refractivity contribution in [2.24, 2.45) is 0 Å². The van der Waals surface area contributed by atoms with Crippen LogP contribution in [0.25, 0.3) is 0 Å². The van der Waals surface area contributed by atoms with Gasteiger partial charge in [-0.15, -0.1) is 0 Å². The van der Waals surface area contributed by atoms with Gasteiger partial charge in [0.2, 0.25) is 0 Å². The van der Waals surface area contributed by atoms with E-state index in [9.17, 15) is 13.9 Å². The summed E-state index contributed by atoms with van der Waals surface area (Å²) in [6.45, 7) is 2.13. The molecule has 0 bridgehead atoms. The minimum Gasteiger partial charge on any atom is -0.394 e. The Kier molecular flexibility index (Phi) is 4.99. The molecule has 0 heterocycles. The van der Waals surface area contributed by atoms with Crippen molar-refractivity contribution in [1.29, 1.82) is 0 Å².